The Morgan fingerprint density at radius 2 is 1.83 bits per heavy atom. The van der Waals surface area contributed by atoms with E-state index in [1.165, 1.54) is 4.90 Å². The fraction of sp³-hybridized carbons (Fsp3) is 0.304. The molecule has 0 spiro atoms. The van der Waals surface area contributed by atoms with E-state index in [9.17, 15) is 14.7 Å². The van der Waals surface area contributed by atoms with Gasteiger partial charge >= 0.3 is 0 Å². The van der Waals surface area contributed by atoms with Gasteiger partial charge in [0.05, 0.1) is 25.3 Å². The van der Waals surface area contributed by atoms with Crippen LogP contribution in [0.5, 0.6) is 11.5 Å². The lowest BCUT2D eigenvalue weighted by Gasteiger charge is -2.27. The number of aliphatic hydroxyl groups is 1. The van der Waals surface area contributed by atoms with Crippen molar-refractivity contribution in [2.45, 2.75) is 32.7 Å². The van der Waals surface area contributed by atoms with Gasteiger partial charge in [0, 0.05) is 18.2 Å². The summed E-state index contributed by atoms with van der Waals surface area (Å²) in [6, 6.07) is 13.5. The highest BCUT2D eigenvalue weighted by atomic mass is 16.5. The third-order valence-electron chi connectivity index (χ3n) is 4.81. The predicted octanol–water partition coefficient (Wildman–Crippen LogP) is 4.36. The maximum Gasteiger partial charge on any atom is 0.294 e. The summed E-state index contributed by atoms with van der Waals surface area (Å²) in [5.41, 5.74) is 1.32. The standard InChI is InChI=1S/C23H25NO5/c1-4-12-29-18-11-7-9-16(14-18)24-21(15-8-6-10-17(13-15)28-3)20(19(25)5-2)22(26)23(24)27/h6-11,13-14,21,26H,4-5,12H2,1-3H3. The number of carbonyl (C=O) groups excluding carboxylic acids is 2. The second-order valence-corrected chi connectivity index (χ2v) is 6.74. The SMILES string of the molecule is CCCOc1cccc(N2C(=O)C(O)=C(C(=O)CC)C2c2cccc(OC)c2)c1. The third kappa shape index (κ3) is 3.97. The first-order valence-corrected chi connectivity index (χ1v) is 9.68. The molecule has 0 fully saturated rings. The first-order valence-electron chi connectivity index (χ1n) is 9.68. The van der Waals surface area contributed by atoms with E-state index in [4.69, 9.17) is 9.47 Å². The van der Waals surface area contributed by atoms with Crippen molar-refractivity contribution in [1.29, 1.82) is 0 Å². The summed E-state index contributed by atoms with van der Waals surface area (Å²) < 4.78 is 11.0. The Labute approximate surface area is 170 Å². The monoisotopic (exact) mass is 395 g/mol. The molecular formula is C23H25NO5. The molecule has 0 radical (unpaired) electrons. The van der Waals surface area contributed by atoms with Gasteiger partial charge in [-0.1, -0.05) is 32.0 Å². The lowest BCUT2D eigenvalue weighted by Crippen LogP contribution is -2.31. The lowest BCUT2D eigenvalue weighted by atomic mass is 9.94. The van der Waals surface area contributed by atoms with Gasteiger partial charge in [0.1, 0.15) is 11.5 Å². The van der Waals surface area contributed by atoms with Crippen LogP contribution in [0.4, 0.5) is 5.69 Å². The van der Waals surface area contributed by atoms with Crippen LogP contribution in [-0.4, -0.2) is 30.5 Å². The molecule has 0 aromatic heterocycles. The van der Waals surface area contributed by atoms with Gasteiger partial charge < -0.3 is 14.6 Å². The first kappa shape index (κ1) is 20.5. The zero-order valence-corrected chi connectivity index (χ0v) is 16.8. The van der Waals surface area contributed by atoms with E-state index in [0.29, 0.717) is 29.4 Å². The molecule has 1 atom stereocenters. The summed E-state index contributed by atoms with van der Waals surface area (Å²) in [5.74, 6) is -0.169. The summed E-state index contributed by atoms with van der Waals surface area (Å²) in [5, 5.41) is 10.6. The van der Waals surface area contributed by atoms with Gasteiger partial charge in [0.25, 0.3) is 5.91 Å². The molecule has 6 heteroatoms. The maximum atomic E-state index is 13.0. The Kier molecular flexibility index (Phi) is 6.22. The average molecular weight is 395 g/mol. The fourth-order valence-electron chi connectivity index (χ4n) is 3.42. The average Bonchev–Trinajstić information content (AvgIpc) is 3.02. The van der Waals surface area contributed by atoms with Gasteiger partial charge in [-0.25, -0.2) is 0 Å². The summed E-state index contributed by atoms with van der Waals surface area (Å²) in [7, 11) is 1.55. The van der Waals surface area contributed by atoms with Crippen molar-refractivity contribution in [2.24, 2.45) is 0 Å². The molecule has 6 nitrogen and oxygen atoms in total. The smallest absolute Gasteiger partial charge is 0.294 e. The van der Waals surface area contributed by atoms with Crippen LogP contribution in [0.3, 0.4) is 0 Å². The number of ketones is 1. The number of hydrogen-bond donors (Lipinski definition) is 1. The fourth-order valence-corrected chi connectivity index (χ4v) is 3.42. The highest BCUT2D eigenvalue weighted by Crippen LogP contribution is 2.42. The quantitative estimate of drug-likeness (QED) is 0.719. The van der Waals surface area contributed by atoms with Gasteiger partial charge in [-0.3, -0.25) is 14.5 Å². The second-order valence-electron chi connectivity index (χ2n) is 6.74. The number of anilines is 1. The van der Waals surface area contributed by atoms with Crippen LogP contribution in [0, 0.1) is 0 Å². The summed E-state index contributed by atoms with van der Waals surface area (Å²) >= 11 is 0. The molecule has 1 amide bonds. The first-order chi connectivity index (χ1) is 14.0. The highest BCUT2D eigenvalue weighted by molar-refractivity contribution is 6.16. The molecule has 2 aromatic carbocycles. The van der Waals surface area contributed by atoms with E-state index >= 15 is 0 Å². The number of ether oxygens (including phenoxy) is 2. The van der Waals surface area contributed by atoms with Crippen LogP contribution in [0.2, 0.25) is 0 Å². The van der Waals surface area contributed by atoms with Gasteiger partial charge in [-0.2, -0.15) is 0 Å². The van der Waals surface area contributed by atoms with Crippen LogP contribution >= 0.6 is 0 Å². The van der Waals surface area contributed by atoms with E-state index in [1.54, 1.807) is 50.4 Å². The van der Waals surface area contributed by atoms with E-state index in [1.807, 2.05) is 19.1 Å². The number of Topliss-reactive ketones (excluding diaryl/α,β-unsaturated/α-hetero) is 1. The molecule has 1 aliphatic heterocycles. The zero-order chi connectivity index (χ0) is 21.0. The van der Waals surface area contributed by atoms with E-state index in [0.717, 1.165) is 6.42 Å². The largest absolute Gasteiger partial charge is 0.503 e. The van der Waals surface area contributed by atoms with Gasteiger partial charge in [-0.15, -0.1) is 0 Å². The third-order valence-corrected chi connectivity index (χ3v) is 4.81. The minimum atomic E-state index is -0.744. The van der Waals surface area contributed by atoms with Crippen LogP contribution < -0.4 is 14.4 Å². The normalized spacial score (nSPS) is 16.3. The van der Waals surface area contributed by atoms with Crippen molar-refractivity contribution in [1.82, 2.24) is 0 Å². The van der Waals surface area contributed by atoms with Gasteiger partial charge in [-0.05, 0) is 36.2 Å². The number of rotatable bonds is 8. The van der Waals surface area contributed by atoms with Crippen molar-refractivity contribution in [2.75, 3.05) is 18.6 Å². The lowest BCUT2D eigenvalue weighted by molar-refractivity contribution is -0.118. The van der Waals surface area contributed by atoms with E-state index in [2.05, 4.69) is 0 Å². The van der Waals surface area contributed by atoms with Gasteiger partial charge in [0.2, 0.25) is 0 Å². The highest BCUT2D eigenvalue weighted by Gasteiger charge is 2.44. The minimum absolute atomic E-state index is 0.102. The van der Waals surface area contributed by atoms with Crippen molar-refractivity contribution < 1.29 is 24.2 Å². The Morgan fingerprint density at radius 1 is 1.10 bits per heavy atom. The molecule has 0 saturated heterocycles. The van der Waals surface area contributed by atoms with Crippen molar-refractivity contribution in [3.8, 4) is 11.5 Å². The molecule has 1 heterocycles. The number of nitrogens with zero attached hydrogens (tertiary/aromatic N) is 1. The Morgan fingerprint density at radius 3 is 2.52 bits per heavy atom. The Hall–Kier alpha value is -3.28. The predicted molar refractivity (Wildman–Crippen MR) is 110 cm³/mol. The van der Waals surface area contributed by atoms with Gasteiger partial charge in [0.15, 0.2) is 11.5 Å². The van der Waals surface area contributed by atoms with Crippen LogP contribution in [0.1, 0.15) is 38.3 Å². The molecule has 3 rings (SSSR count). The molecular weight excluding hydrogens is 370 g/mol. The Balaban J connectivity index is 2.12. The molecule has 152 valence electrons. The number of amides is 1. The van der Waals surface area contributed by atoms with Crippen LogP contribution in [0.25, 0.3) is 0 Å². The summed E-state index contributed by atoms with van der Waals surface area (Å²) in [6.07, 6.45) is 1.04. The van der Waals surface area contributed by atoms with Crippen LogP contribution in [-0.2, 0) is 9.59 Å². The second kappa shape index (κ2) is 8.82. The maximum absolute atomic E-state index is 13.0. The molecule has 1 unspecified atom stereocenters. The minimum Gasteiger partial charge on any atom is -0.503 e. The molecule has 0 bridgehead atoms. The Bertz CT molecular complexity index is 950. The molecule has 29 heavy (non-hydrogen) atoms. The molecule has 1 aliphatic rings. The molecule has 2 aromatic rings. The summed E-state index contributed by atoms with van der Waals surface area (Å²) in [4.78, 5) is 27.1. The van der Waals surface area contributed by atoms with E-state index < -0.39 is 17.7 Å². The van der Waals surface area contributed by atoms with E-state index in [-0.39, 0.29) is 17.8 Å². The number of carbonyl (C=O) groups is 2. The number of aliphatic hydroxyl groups excluding tert-OH is 1. The van der Waals surface area contributed by atoms with Crippen molar-refractivity contribution >= 4 is 17.4 Å². The molecule has 0 aliphatic carbocycles. The van der Waals surface area contributed by atoms with Crippen molar-refractivity contribution in [3.63, 3.8) is 0 Å². The molecule has 0 saturated carbocycles. The number of methoxy groups -OCH3 is 1. The summed E-state index contributed by atoms with van der Waals surface area (Å²) in [6.45, 7) is 4.27. The van der Waals surface area contributed by atoms with Crippen LogP contribution in [0.15, 0.2) is 59.9 Å². The molecule has 1 N–H and O–H groups in total. The number of hydrogen-bond acceptors (Lipinski definition) is 5. The zero-order valence-electron chi connectivity index (χ0n) is 16.8. The van der Waals surface area contributed by atoms with Crippen molar-refractivity contribution in [3.05, 3.63) is 65.4 Å². The topological polar surface area (TPSA) is 76.1 Å². The number of benzene rings is 2.